The predicted octanol–water partition coefficient (Wildman–Crippen LogP) is 0.0888. The van der Waals surface area contributed by atoms with Gasteiger partial charge in [-0.15, -0.1) is 0 Å². The van der Waals surface area contributed by atoms with Crippen molar-refractivity contribution in [3.05, 3.63) is 12.4 Å². The second-order valence-corrected chi connectivity index (χ2v) is 9.80. The maximum Gasteiger partial charge on any atom is 0.498 e. The van der Waals surface area contributed by atoms with Crippen molar-refractivity contribution in [2.75, 3.05) is 24.6 Å². The third-order valence-electron chi connectivity index (χ3n) is 6.98. The minimum atomic E-state index is -1.33. The highest BCUT2D eigenvalue weighted by atomic mass is 16.7. The Kier molecular flexibility index (Phi) is 6.02. The molecule has 10 heteroatoms. The smallest absolute Gasteiger partial charge is 0.399 e. The molecule has 1 aromatic rings. The van der Waals surface area contributed by atoms with Crippen LogP contribution < -0.4 is 10.4 Å². The number of nitrogens with zero attached hydrogens (tertiary/aromatic N) is 4. The molecule has 3 aliphatic rings. The summed E-state index contributed by atoms with van der Waals surface area (Å²) in [6.07, 6.45) is 6.04. The van der Waals surface area contributed by atoms with Crippen LogP contribution in [0, 0.1) is 0 Å². The summed E-state index contributed by atoms with van der Waals surface area (Å²) in [5, 5.41) is 18.6. The fourth-order valence-corrected chi connectivity index (χ4v) is 4.20. The normalized spacial score (nSPS) is 24.3. The van der Waals surface area contributed by atoms with Crippen LogP contribution in [0.15, 0.2) is 12.4 Å². The van der Waals surface area contributed by atoms with E-state index in [0.29, 0.717) is 25.1 Å². The quantitative estimate of drug-likeness (QED) is 0.609. The van der Waals surface area contributed by atoms with E-state index in [4.69, 9.17) is 14.4 Å². The third-order valence-corrected chi connectivity index (χ3v) is 6.98. The number of aliphatic hydroxyl groups is 2. The molecule has 1 amide bonds. The van der Waals surface area contributed by atoms with E-state index in [1.807, 2.05) is 27.7 Å². The van der Waals surface area contributed by atoms with Crippen molar-refractivity contribution >= 4 is 24.4 Å². The highest BCUT2D eigenvalue weighted by Crippen LogP contribution is 2.37. The van der Waals surface area contributed by atoms with Gasteiger partial charge in [0.1, 0.15) is 0 Å². The number of hydrogen-bond acceptors (Lipinski definition) is 8. The first-order valence-corrected chi connectivity index (χ1v) is 11.2. The zero-order valence-corrected chi connectivity index (χ0v) is 18.8. The summed E-state index contributed by atoms with van der Waals surface area (Å²) in [6, 6.07) is 0.670. The van der Waals surface area contributed by atoms with Gasteiger partial charge in [0.05, 0.1) is 17.8 Å². The second-order valence-electron chi connectivity index (χ2n) is 9.80. The van der Waals surface area contributed by atoms with E-state index >= 15 is 0 Å². The molecule has 3 fully saturated rings. The lowest BCUT2D eigenvalue weighted by atomic mass is 9.81. The van der Waals surface area contributed by atoms with Crippen molar-refractivity contribution in [3.63, 3.8) is 0 Å². The molecule has 0 radical (unpaired) electrons. The summed E-state index contributed by atoms with van der Waals surface area (Å²) in [7, 11) is -0.486. The monoisotopic (exact) mass is 432 g/mol. The Morgan fingerprint density at radius 1 is 1.13 bits per heavy atom. The number of anilines is 1. The van der Waals surface area contributed by atoms with E-state index < -0.39 is 36.9 Å². The van der Waals surface area contributed by atoms with E-state index in [-0.39, 0.29) is 6.04 Å². The Balaban J connectivity index is 1.43. The molecule has 2 aliphatic heterocycles. The summed E-state index contributed by atoms with van der Waals surface area (Å²) >= 11 is 0. The Bertz CT molecular complexity index is 777. The molecule has 1 aromatic heterocycles. The van der Waals surface area contributed by atoms with Crippen LogP contribution in [-0.4, -0.2) is 87.2 Å². The van der Waals surface area contributed by atoms with Crippen LogP contribution in [-0.2, 0) is 14.1 Å². The van der Waals surface area contributed by atoms with Gasteiger partial charge in [-0.05, 0) is 53.4 Å². The van der Waals surface area contributed by atoms with E-state index in [1.165, 1.54) is 0 Å². The van der Waals surface area contributed by atoms with Gasteiger partial charge in [-0.25, -0.2) is 9.97 Å². The Morgan fingerprint density at radius 2 is 1.65 bits per heavy atom. The van der Waals surface area contributed by atoms with Crippen molar-refractivity contribution in [2.24, 2.45) is 0 Å². The predicted molar refractivity (Wildman–Crippen MR) is 116 cm³/mol. The molecule has 1 atom stereocenters. The zero-order valence-electron chi connectivity index (χ0n) is 18.8. The highest BCUT2D eigenvalue weighted by molar-refractivity contribution is 6.61. The van der Waals surface area contributed by atoms with Crippen molar-refractivity contribution in [1.29, 1.82) is 0 Å². The molecule has 0 unspecified atom stereocenters. The molecule has 2 N–H and O–H groups in total. The molecule has 0 bridgehead atoms. The fraction of sp³-hybridized carbons (Fsp3) is 0.762. The van der Waals surface area contributed by atoms with E-state index in [9.17, 15) is 9.90 Å². The number of carbonyl (C=O) groups excluding carboxylic acids is 1. The van der Waals surface area contributed by atoms with Gasteiger partial charge in [0.25, 0.3) is 5.91 Å². The Hall–Kier alpha value is -1.75. The summed E-state index contributed by atoms with van der Waals surface area (Å²) in [5.74, 6) is 0.296. The Labute approximate surface area is 183 Å². The van der Waals surface area contributed by atoms with E-state index in [2.05, 4.69) is 14.9 Å². The molecule has 3 heterocycles. The summed E-state index contributed by atoms with van der Waals surface area (Å²) in [5.41, 5.74) is -0.0203. The molecule has 4 rings (SSSR count). The van der Waals surface area contributed by atoms with Crippen LogP contribution in [0.25, 0.3) is 0 Å². The van der Waals surface area contributed by atoms with E-state index in [0.717, 1.165) is 31.1 Å². The van der Waals surface area contributed by atoms with Gasteiger partial charge in [-0.3, -0.25) is 4.79 Å². The van der Waals surface area contributed by atoms with Gasteiger partial charge in [-0.1, -0.05) is 0 Å². The molecule has 31 heavy (non-hydrogen) atoms. The summed E-state index contributed by atoms with van der Waals surface area (Å²) in [4.78, 5) is 25.4. The maximum absolute atomic E-state index is 12.1. The minimum Gasteiger partial charge on any atom is -0.399 e. The van der Waals surface area contributed by atoms with Gasteiger partial charge < -0.3 is 29.3 Å². The molecule has 0 spiro atoms. The molecule has 170 valence electrons. The maximum atomic E-state index is 12.1. The van der Waals surface area contributed by atoms with Crippen LogP contribution >= 0.6 is 0 Å². The van der Waals surface area contributed by atoms with Crippen LogP contribution in [0.1, 0.15) is 53.4 Å². The van der Waals surface area contributed by atoms with Crippen LogP contribution in [0.2, 0.25) is 0 Å². The number of amides is 1. The van der Waals surface area contributed by atoms with Crippen LogP contribution in [0.4, 0.5) is 5.95 Å². The summed E-state index contributed by atoms with van der Waals surface area (Å²) < 4.78 is 12.2. The summed E-state index contributed by atoms with van der Waals surface area (Å²) in [6.45, 7) is 8.64. The number of piperidine rings is 1. The lowest BCUT2D eigenvalue weighted by Gasteiger charge is -2.39. The van der Waals surface area contributed by atoms with Gasteiger partial charge in [0.15, 0.2) is 6.10 Å². The van der Waals surface area contributed by atoms with Crippen LogP contribution in [0.3, 0.4) is 0 Å². The number of aliphatic hydroxyl groups excluding tert-OH is 2. The third kappa shape index (κ3) is 4.44. The molecule has 0 aromatic carbocycles. The lowest BCUT2D eigenvalue weighted by molar-refractivity contribution is -0.143. The van der Waals surface area contributed by atoms with Crippen molar-refractivity contribution in [1.82, 2.24) is 14.9 Å². The molecule has 1 saturated carbocycles. The number of hydrogen-bond donors (Lipinski definition) is 2. The van der Waals surface area contributed by atoms with Crippen molar-refractivity contribution in [2.45, 2.75) is 82.8 Å². The van der Waals surface area contributed by atoms with Crippen molar-refractivity contribution < 1.29 is 24.3 Å². The van der Waals surface area contributed by atoms with Crippen molar-refractivity contribution in [3.8, 4) is 0 Å². The Morgan fingerprint density at radius 3 is 2.13 bits per heavy atom. The zero-order chi connectivity index (χ0) is 22.4. The average Bonchev–Trinajstić information content (AvgIpc) is 3.54. The standard InChI is InChI=1S/C21H33BN4O5/c1-20(2)21(3,4)31-22(30-20)14-11-23-19(24-12-14)26(15-5-6-15)16-7-9-25(10-8-16)18(29)17(28)13-27/h11-12,15-17,27-28H,5-10,13H2,1-4H3/t17-/m1/s1. The number of likely N-dealkylation sites (tertiary alicyclic amines) is 1. The topological polar surface area (TPSA) is 108 Å². The first-order chi connectivity index (χ1) is 14.6. The average molecular weight is 432 g/mol. The largest absolute Gasteiger partial charge is 0.498 e. The van der Waals surface area contributed by atoms with Gasteiger partial charge in [0, 0.05) is 43.0 Å². The van der Waals surface area contributed by atoms with E-state index in [1.54, 1.807) is 17.3 Å². The molecule has 1 aliphatic carbocycles. The number of rotatable bonds is 6. The highest BCUT2D eigenvalue weighted by Gasteiger charge is 2.52. The fourth-order valence-electron chi connectivity index (χ4n) is 4.20. The second kappa shape index (κ2) is 8.31. The SMILES string of the molecule is CC1(C)OB(c2cnc(N(C3CC3)C3CCN(C(=O)[C@H](O)CO)CC3)nc2)OC1(C)C. The van der Waals surface area contributed by atoms with Gasteiger partial charge in [0.2, 0.25) is 5.95 Å². The molecular formula is C21H33BN4O5. The molecule has 9 nitrogen and oxygen atoms in total. The minimum absolute atomic E-state index is 0.241. The number of aromatic nitrogens is 2. The van der Waals surface area contributed by atoms with Crippen LogP contribution in [0.5, 0.6) is 0 Å². The number of carbonyl (C=O) groups is 1. The molecule has 2 saturated heterocycles. The first kappa shape index (κ1) is 22.4. The van der Waals surface area contributed by atoms with Gasteiger partial charge >= 0.3 is 7.12 Å². The molecular weight excluding hydrogens is 399 g/mol. The lowest BCUT2D eigenvalue weighted by Crippen LogP contribution is -2.51. The first-order valence-electron chi connectivity index (χ1n) is 11.2. The van der Waals surface area contributed by atoms with Gasteiger partial charge in [-0.2, -0.15) is 0 Å².